The molecule has 2 aromatic heterocycles. The van der Waals surface area contributed by atoms with Gasteiger partial charge in [-0.15, -0.1) is 0 Å². The maximum atomic E-state index is 14.5. The average molecular weight is 523 g/mol. The molecule has 0 spiro atoms. The van der Waals surface area contributed by atoms with Gasteiger partial charge in [0.25, 0.3) is 0 Å². The molecule has 0 amide bonds. The number of hydrogen-bond acceptors (Lipinski definition) is 3. The van der Waals surface area contributed by atoms with Crippen molar-refractivity contribution in [1.29, 1.82) is 0 Å². The highest BCUT2D eigenvalue weighted by molar-refractivity contribution is 5.95. The highest BCUT2D eigenvalue weighted by Crippen LogP contribution is 2.38. The molecule has 9 heteroatoms. The summed E-state index contributed by atoms with van der Waals surface area (Å²) in [5, 5.41) is 7.81. The van der Waals surface area contributed by atoms with E-state index in [2.05, 4.69) is 21.5 Å². The van der Waals surface area contributed by atoms with Crippen molar-refractivity contribution in [3.63, 3.8) is 0 Å². The number of anilines is 1. The van der Waals surface area contributed by atoms with Crippen molar-refractivity contribution in [3.05, 3.63) is 112 Å². The fourth-order valence-electron chi connectivity index (χ4n) is 4.43. The van der Waals surface area contributed by atoms with E-state index in [1.807, 2.05) is 26.0 Å². The monoisotopic (exact) mass is 522 g/mol. The van der Waals surface area contributed by atoms with E-state index in [9.17, 15) is 22.0 Å². The summed E-state index contributed by atoms with van der Waals surface area (Å²) in [4.78, 5) is 4.41. The van der Waals surface area contributed by atoms with Gasteiger partial charge in [-0.25, -0.2) is 8.78 Å². The Kier molecular flexibility index (Phi) is 6.60. The van der Waals surface area contributed by atoms with Crippen LogP contribution in [0.25, 0.3) is 22.3 Å². The number of benzene rings is 3. The Bertz CT molecular complexity index is 1640. The van der Waals surface area contributed by atoms with Crippen molar-refractivity contribution in [1.82, 2.24) is 14.8 Å². The molecule has 38 heavy (non-hydrogen) atoms. The number of halogens is 5. The first kappa shape index (κ1) is 25.4. The van der Waals surface area contributed by atoms with Crippen LogP contribution in [0, 0.1) is 25.5 Å². The molecule has 0 unspecified atom stereocenters. The van der Waals surface area contributed by atoms with Gasteiger partial charge in [0.15, 0.2) is 0 Å². The van der Waals surface area contributed by atoms with E-state index in [1.165, 1.54) is 22.9 Å². The van der Waals surface area contributed by atoms with Gasteiger partial charge in [0.1, 0.15) is 17.2 Å². The Morgan fingerprint density at radius 3 is 2.47 bits per heavy atom. The minimum absolute atomic E-state index is 0.0817. The van der Waals surface area contributed by atoms with Crippen molar-refractivity contribution in [3.8, 4) is 11.4 Å². The molecule has 0 aliphatic heterocycles. The normalized spacial score (nSPS) is 11.8. The van der Waals surface area contributed by atoms with E-state index in [0.29, 0.717) is 23.6 Å². The van der Waals surface area contributed by atoms with Crippen molar-refractivity contribution in [2.75, 3.05) is 5.32 Å². The molecule has 1 N–H and O–H groups in total. The molecule has 0 saturated heterocycles. The van der Waals surface area contributed by atoms with Gasteiger partial charge in [0, 0.05) is 35.4 Å². The second kappa shape index (κ2) is 9.89. The number of rotatable bonds is 6. The van der Waals surface area contributed by atoms with Crippen LogP contribution in [0.3, 0.4) is 0 Å². The standard InChI is InChI=1S/C29H23F5N4/c1-17-6-7-18(2)20(12-17)15-36-22-10-11-35-26(14-22)28-23-4-3-5-24(29(32,33)34)27(23)37-38(28)16-19-8-9-21(30)13-25(19)31/h3-14H,15-16H2,1-2H3,(H,35,36). The Labute approximate surface area is 215 Å². The molecule has 0 saturated carbocycles. The lowest BCUT2D eigenvalue weighted by molar-refractivity contribution is -0.136. The maximum absolute atomic E-state index is 14.5. The van der Waals surface area contributed by atoms with Gasteiger partial charge in [-0.05, 0) is 49.2 Å². The molecule has 0 bridgehead atoms. The van der Waals surface area contributed by atoms with Gasteiger partial charge in [-0.3, -0.25) is 9.67 Å². The second-order valence-electron chi connectivity index (χ2n) is 9.15. The van der Waals surface area contributed by atoms with Crippen molar-refractivity contribution < 1.29 is 22.0 Å². The van der Waals surface area contributed by atoms with Crippen LogP contribution in [0.15, 0.2) is 72.9 Å². The minimum Gasteiger partial charge on any atom is -0.381 e. The predicted molar refractivity (Wildman–Crippen MR) is 137 cm³/mol. The number of alkyl halides is 3. The third-order valence-electron chi connectivity index (χ3n) is 6.40. The van der Waals surface area contributed by atoms with Crippen LogP contribution < -0.4 is 5.32 Å². The van der Waals surface area contributed by atoms with Gasteiger partial charge >= 0.3 is 6.18 Å². The second-order valence-corrected chi connectivity index (χ2v) is 9.15. The van der Waals surface area contributed by atoms with Gasteiger partial charge in [0.2, 0.25) is 0 Å². The van der Waals surface area contributed by atoms with Crippen LogP contribution in [0.1, 0.15) is 27.8 Å². The van der Waals surface area contributed by atoms with Gasteiger partial charge in [-0.2, -0.15) is 18.3 Å². The first-order valence-electron chi connectivity index (χ1n) is 11.9. The van der Waals surface area contributed by atoms with Crippen LogP contribution in [0.2, 0.25) is 0 Å². The van der Waals surface area contributed by atoms with Gasteiger partial charge in [-0.1, -0.05) is 42.0 Å². The molecule has 0 aliphatic carbocycles. The Morgan fingerprint density at radius 1 is 0.895 bits per heavy atom. The molecule has 0 fully saturated rings. The Morgan fingerprint density at radius 2 is 1.71 bits per heavy atom. The van der Waals surface area contributed by atoms with Crippen LogP contribution in [0.5, 0.6) is 0 Å². The van der Waals surface area contributed by atoms with E-state index in [4.69, 9.17) is 0 Å². The fourth-order valence-corrected chi connectivity index (χ4v) is 4.43. The van der Waals surface area contributed by atoms with E-state index in [0.717, 1.165) is 34.9 Å². The lowest BCUT2D eigenvalue weighted by Crippen LogP contribution is -2.08. The van der Waals surface area contributed by atoms with E-state index < -0.39 is 23.4 Å². The summed E-state index contributed by atoms with van der Waals surface area (Å²) in [7, 11) is 0. The van der Waals surface area contributed by atoms with Crippen LogP contribution in [-0.2, 0) is 19.3 Å². The molecule has 0 radical (unpaired) electrons. The molecule has 4 nitrogen and oxygen atoms in total. The van der Waals surface area contributed by atoms with E-state index in [-0.39, 0.29) is 23.0 Å². The summed E-state index contributed by atoms with van der Waals surface area (Å²) in [5.74, 6) is -1.57. The molecular formula is C29H23F5N4. The highest BCUT2D eigenvalue weighted by atomic mass is 19.4. The van der Waals surface area contributed by atoms with Crippen molar-refractivity contribution in [2.45, 2.75) is 33.1 Å². The molecule has 2 heterocycles. The van der Waals surface area contributed by atoms with Crippen molar-refractivity contribution in [2.24, 2.45) is 0 Å². The quantitative estimate of drug-likeness (QED) is 0.233. The Balaban J connectivity index is 1.59. The zero-order valence-corrected chi connectivity index (χ0v) is 20.6. The zero-order valence-electron chi connectivity index (χ0n) is 20.6. The molecule has 194 valence electrons. The SMILES string of the molecule is Cc1ccc(C)c(CNc2ccnc(-c3c4cccc(C(F)(F)F)c4nn3Cc3ccc(F)cc3F)c2)c1. The fraction of sp³-hybridized carbons (Fsp3) is 0.172. The van der Waals surface area contributed by atoms with Gasteiger partial charge < -0.3 is 5.32 Å². The molecule has 5 aromatic rings. The number of hydrogen-bond donors (Lipinski definition) is 1. The van der Waals surface area contributed by atoms with Crippen LogP contribution in [0.4, 0.5) is 27.6 Å². The predicted octanol–water partition coefficient (Wildman–Crippen LogP) is 7.67. The molecule has 0 atom stereocenters. The third-order valence-corrected chi connectivity index (χ3v) is 6.40. The number of pyridine rings is 1. The number of fused-ring (bicyclic) bond motifs is 1. The summed E-state index contributed by atoms with van der Waals surface area (Å²) < 4.78 is 70.7. The molecule has 5 rings (SSSR count). The van der Waals surface area contributed by atoms with Crippen molar-refractivity contribution >= 4 is 16.6 Å². The van der Waals surface area contributed by atoms with Crippen LogP contribution in [-0.4, -0.2) is 14.8 Å². The minimum atomic E-state index is -4.64. The zero-order chi connectivity index (χ0) is 27.0. The summed E-state index contributed by atoms with van der Waals surface area (Å²) in [5.41, 5.74) is 3.64. The number of nitrogens with zero attached hydrogens (tertiary/aromatic N) is 3. The summed E-state index contributed by atoms with van der Waals surface area (Å²) in [6.45, 7) is 4.36. The largest absolute Gasteiger partial charge is 0.418 e. The highest BCUT2D eigenvalue weighted by Gasteiger charge is 2.34. The lowest BCUT2D eigenvalue weighted by Gasteiger charge is -2.12. The molecular weight excluding hydrogens is 499 g/mol. The lowest BCUT2D eigenvalue weighted by atomic mass is 10.1. The maximum Gasteiger partial charge on any atom is 0.418 e. The first-order valence-corrected chi connectivity index (χ1v) is 11.9. The van der Waals surface area contributed by atoms with E-state index >= 15 is 0 Å². The third kappa shape index (κ3) is 5.09. The smallest absolute Gasteiger partial charge is 0.381 e. The van der Waals surface area contributed by atoms with Gasteiger partial charge in [0.05, 0.1) is 23.5 Å². The number of nitrogens with one attached hydrogen (secondary N) is 1. The summed E-state index contributed by atoms with van der Waals surface area (Å²) in [6.07, 6.45) is -3.09. The summed E-state index contributed by atoms with van der Waals surface area (Å²) >= 11 is 0. The van der Waals surface area contributed by atoms with Crippen LogP contribution >= 0.6 is 0 Å². The van der Waals surface area contributed by atoms with E-state index in [1.54, 1.807) is 18.3 Å². The Hall–Kier alpha value is -4.27. The topological polar surface area (TPSA) is 42.7 Å². The number of aryl methyl sites for hydroxylation is 2. The first-order chi connectivity index (χ1) is 18.1. The molecule has 3 aromatic carbocycles. The average Bonchev–Trinajstić information content (AvgIpc) is 3.24. The number of aromatic nitrogens is 3. The summed E-state index contributed by atoms with van der Waals surface area (Å²) in [6, 6.07) is 16.5. The molecule has 0 aliphatic rings.